The van der Waals surface area contributed by atoms with E-state index < -0.39 is 75.5 Å². The summed E-state index contributed by atoms with van der Waals surface area (Å²) in [5.74, 6) is -9.04. The number of hydrogen-bond acceptors (Lipinski definition) is 10. The second-order valence-electron chi connectivity index (χ2n) is 9.84. The van der Waals surface area contributed by atoms with Crippen LogP contribution in [0.3, 0.4) is 0 Å². The SMILES string of the molecule is C=C1c2ccc(-c3ccccn3)c(O)c2C(=O)C2=C(O)[C@]3(O)C(=O)C(C(N)=O)=C(O)[C@@H](N(C)C)[C@@H]3[C@@H](O)[C@H]12. The number of Topliss-reactive ketones (excluding diaryl/α,β-unsaturated/α-hetero) is 2. The first-order valence-electron chi connectivity index (χ1n) is 11.6. The maximum absolute atomic E-state index is 13.8. The van der Waals surface area contributed by atoms with Crippen LogP contribution in [0.15, 0.2) is 65.8 Å². The largest absolute Gasteiger partial charge is 0.510 e. The van der Waals surface area contributed by atoms with E-state index in [2.05, 4.69) is 11.6 Å². The van der Waals surface area contributed by atoms with Crippen molar-refractivity contribution in [3.05, 3.63) is 76.9 Å². The number of amides is 1. The summed E-state index contributed by atoms with van der Waals surface area (Å²) < 4.78 is 0. The van der Waals surface area contributed by atoms with Gasteiger partial charge in [-0.05, 0) is 43.4 Å². The Kier molecular flexibility index (Phi) is 5.57. The van der Waals surface area contributed by atoms with Gasteiger partial charge in [-0.15, -0.1) is 0 Å². The molecule has 196 valence electrons. The van der Waals surface area contributed by atoms with Crippen molar-refractivity contribution in [2.45, 2.75) is 17.7 Å². The summed E-state index contributed by atoms with van der Waals surface area (Å²) in [6, 6.07) is 6.70. The Hall–Kier alpha value is -4.32. The van der Waals surface area contributed by atoms with Crippen molar-refractivity contribution in [2.24, 2.45) is 17.6 Å². The number of aromatic hydroxyl groups is 1. The highest BCUT2D eigenvalue weighted by atomic mass is 16.4. The number of nitrogens with zero attached hydrogens (tertiary/aromatic N) is 2. The van der Waals surface area contributed by atoms with Crippen LogP contribution in [-0.4, -0.2) is 84.7 Å². The van der Waals surface area contributed by atoms with Crippen molar-refractivity contribution in [1.82, 2.24) is 9.88 Å². The molecule has 2 aromatic rings. The molecule has 0 fully saturated rings. The molecule has 0 saturated heterocycles. The third-order valence-electron chi connectivity index (χ3n) is 7.68. The highest BCUT2D eigenvalue weighted by Gasteiger charge is 2.67. The lowest BCUT2D eigenvalue weighted by Gasteiger charge is -2.52. The monoisotopic (exact) mass is 519 g/mol. The number of likely N-dealkylation sites (N-methyl/N-ethyl adjacent to an activating group) is 1. The number of phenolic OH excluding ortho intramolecular Hbond substituents is 1. The van der Waals surface area contributed by atoms with Gasteiger partial charge >= 0.3 is 0 Å². The van der Waals surface area contributed by atoms with Crippen LogP contribution in [0.25, 0.3) is 16.8 Å². The van der Waals surface area contributed by atoms with E-state index in [1.54, 1.807) is 18.2 Å². The van der Waals surface area contributed by atoms with Crippen LogP contribution >= 0.6 is 0 Å². The molecule has 0 saturated carbocycles. The zero-order chi connectivity index (χ0) is 27.8. The van der Waals surface area contributed by atoms with Gasteiger partial charge in [0.1, 0.15) is 22.8 Å². The Morgan fingerprint density at radius 3 is 2.34 bits per heavy atom. The highest BCUT2D eigenvalue weighted by molar-refractivity contribution is 6.25. The molecule has 0 radical (unpaired) electrons. The fourth-order valence-corrected chi connectivity index (χ4v) is 5.99. The maximum atomic E-state index is 13.8. The van der Waals surface area contributed by atoms with Crippen molar-refractivity contribution in [3.8, 4) is 17.0 Å². The number of benzene rings is 1. The van der Waals surface area contributed by atoms with E-state index in [9.17, 15) is 39.9 Å². The Labute approximate surface area is 216 Å². The Balaban J connectivity index is 1.79. The van der Waals surface area contributed by atoms with Crippen LogP contribution in [0.4, 0.5) is 0 Å². The fourth-order valence-electron chi connectivity index (χ4n) is 5.99. The number of aliphatic hydroxyl groups is 4. The number of pyridine rings is 1. The minimum atomic E-state index is -2.99. The summed E-state index contributed by atoms with van der Waals surface area (Å²) in [7, 11) is 2.93. The molecule has 38 heavy (non-hydrogen) atoms. The van der Waals surface area contributed by atoms with Crippen molar-refractivity contribution in [2.75, 3.05) is 14.1 Å². The molecule has 7 N–H and O–H groups in total. The topological polar surface area (TPSA) is 195 Å². The molecule has 3 aliphatic rings. The Morgan fingerprint density at radius 1 is 1.11 bits per heavy atom. The molecule has 1 amide bonds. The molecule has 0 spiro atoms. The lowest BCUT2D eigenvalue weighted by Crippen LogP contribution is -2.68. The second kappa shape index (κ2) is 8.35. The highest BCUT2D eigenvalue weighted by Crippen LogP contribution is 2.55. The third-order valence-corrected chi connectivity index (χ3v) is 7.68. The minimum absolute atomic E-state index is 0.132. The predicted molar refractivity (Wildman–Crippen MR) is 134 cm³/mol. The van der Waals surface area contributed by atoms with Gasteiger partial charge in [-0.1, -0.05) is 18.7 Å². The molecule has 0 unspecified atom stereocenters. The molecule has 0 aliphatic heterocycles. The molecule has 1 aromatic carbocycles. The van der Waals surface area contributed by atoms with E-state index in [1.165, 1.54) is 37.3 Å². The van der Waals surface area contributed by atoms with Crippen LogP contribution < -0.4 is 5.73 Å². The van der Waals surface area contributed by atoms with Gasteiger partial charge < -0.3 is 31.3 Å². The zero-order valence-electron chi connectivity index (χ0n) is 20.4. The van der Waals surface area contributed by atoms with Crippen LogP contribution in [0, 0.1) is 11.8 Å². The lowest BCUT2D eigenvalue weighted by molar-refractivity contribution is -0.159. The van der Waals surface area contributed by atoms with E-state index in [-0.39, 0.29) is 22.3 Å². The second-order valence-corrected chi connectivity index (χ2v) is 9.84. The first-order valence-corrected chi connectivity index (χ1v) is 11.6. The molecule has 11 heteroatoms. The average molecular weight is 520 g/mol. The smallest absolute Gasteiger partial charge is 0.255 e. The number of rotatable bonds is 3. The third kappa shape index (κ3) is 3.06. The number of aliphatic hydroxyl groups excluding tert-OH is 3. The van der Waals surface area contributed by atoms with Gasteiger partial charge in [-0.3, -0.25) is 24.3 Å². The number of fused-ring (bicyclic) bond motifs is 3. The number of nitrogens with two attached hydrogens (primary N) is 1. The summed E-state index contributed by atoms with van der Waals surface area (Å²) in [5.41, 5.74) is 1.46. The summed E-state index contributed by atoms with van der Waals surface area (Å²) in [5, 5.41) is 56.6. The van der Waals surface area contributed by atoms with Gasteiger partial charge in [0.25, 0.3) is 5.91 Å². The summed E-state index contributed by atoms with van der Waals surface area (Å²) in [4.78, 5) is 44.9. The standard InChI is InChI=1S/C27H25N3O8/c1-10-11-7-8-12(13-6-4-5-9-29-13)20(31)15(11)21(32)16-14(10)22(33)18-19(30(2)3)23(34)17(26(28)37)25(36)27(18,38)24(16)35/h4-9,14,18-19,22,31,33-35,38H,1H2,2-3H3,(H2,28,37)/t14-,18-,19+,22+,27+/m1/s1. The van der Waals surface area contributed by atoms with Gasteiger partial charge in [0.2, 0.25) is 5.78 Å². The zero-order valence-corrected chi connectivity index (χ0v) is 20.4. The van der Waals surface area contributed by atoms with Crippen molar-refractivity contribution >= 4 is 23.0 Å². The van der Waals surface area contributed by atoms with Gasteiger partial charge in [-0.25, -0.2) is 0 Å². The molecular formula is C27H25N3O8. The van der Waals surface area contributed by atoms with Crippen molar-refractivity contribution in [3.63, 3.8) is 0 Å². The van der Waals surface area contributed by atoms with Crippen molar-refractivity contribution < 1.29 is 39.9 Å². The summed E-state index contributed by atoms with van der Waals surface area (Å²) >= 11 is 0. The van der Waals surface area contributed by atoms with E-state index in [0.29, 0.717) is 5.69 Å². The number of hydrogen-bond donors (Lipinski definition) is 6. The van der Waals surface area contributed by atoms with Gasteiger partial charge in [0.05, 0.1) is 34.9 Å². The van der Waals surface area contributed by atoms with Crippen LogP contribution in [-0.2, 0) is 9.59 Å². The fraction of sp³-hybridized carbons (Fsp3) is 0.259. The summed E-state index contributed by atoms with van der Waals surface area (Å²) in [6.45, 7) is 4.00. The van der Waals surface area contributed by atoms with E-state index >= 15 is 0 Å². The van der Waals surface area contributed by atoms with Crippen molar-refractivity contribution in [1.29, 1.82) is 0 Å². The van der Waals surface area contributed by atoms with Gasteiger partial charge in [0.15, 0.2) is 11.4 Å². The number of carbonyl (C=O) groups is 3. The molecule has 5 rings (SSSR count). The maximum Gasteiger partial charge on any atom is 0.255 e. The summed E-state index contributed by atoms with van der Waals surface area (Å²) in [6.07, 6.45) is -0.234. The molecule has 1 aromatic heterocycles. The number of aromatic nitrogens is 1. The van der Waals surface area contributed by atoms with E-state index in [4.69, 9.17) is 5.73 Å². The molecule has 3 aliphatic carbocycles. The quantitative estimate of drug-likeness (QED) is 0.313. The predicted octanol–water partition coefficient (Wildman–Crippen LogP) is 0.624. The normalized spacial score (nSPS) is 28.8. The molecule has 1 heterocycles. The number of primary amides is 1. The number of ketones is 2. The Bertz CT molecular complexity index is 1510. The van der Waals surface area contributed by atoms with E-state index in [1.807, 2.05) is 0 Å². The molecule has 11 nitrogen and oxygen atoms in total. The molecular weight excluding hydrogens is 494 g/mol. The minimum Gasteiger partial charge on any atom is -0.510 e. The number of phenols is 1. The van der Waals surface area contributed by atoms with Crippen LogP contribution in [0.5, 0.6) is 5.75 Å². The average Bonchev–Trinajstić information content (AvgIpc) is 2.86. The number of carbonyl (C=O) groups excluding carboxylic acids is 3. The lowest BCUT2D eigenvalue weighted by atomic mass is 9.56. The van der Waals surface area contributed by atoms with Gasteiger partial charge in [-0.2, -0.15) is 0 Å². The van der Waals surface area contributed by atoms with Crippen LogP contribution in [0.1, 0.15) is 15.9 Å². The molecule has 5 atom stereocenters. The molecule has 0 bridgehead atoms. The Morgan fingerprint density at radius 2 is 1.76 bits per heavy atom. The van der Waals surface area contributed by atoms with Crippen LogP contribution in [0.2, 0.25) is 0 Å². The first-order chi connectivity index (χ1) is 17.8. The van der Waals surface area contributed by atoms with E-state index in [0.717, 1.165) is 0 Å². The first kappa shape index (κ1) is 25.3. The van der Waals surface area contributed by atoms with Gasteiger partial charge in [0, 0.05) is 17.7 Å².